The van der Waals surface area contributed by atoms with Gasteiger partial charge in [0.15, 0.2) is 0 Å². The largest absolute Gasteiger partial charge is 0.364 e. The molecule has 7 nitrogen and oxygen atoms in total. The number of aromatic nitrogens is 1. The van der Waals surface area contributed by atoms with E-state index in [2.05, 4.69) is 10.0 Å². The molecule has 2 heterocycles. The van der Waals surface area contributed by atoms with Crippen LogP contribution in [0.3, 0.4) is 0 Å². The zero-order valence-electron chi connectivity index (χ0n) is 11.1. The number of nitrogens with zero attached hydrogens (tertiary/aromatic N) is 1. The molecule has 1 saturated heterocycles. The third-order valence-electron chi connectivity index (χ3n) is 3.16. The van der Waals surface area contributed by atoms with Gasteiger partial charge in [-0.15, -0.1) is 12.4 Å². The SMILES string of the molecule is Cl.Cn1cc(S(=O)(=O)N[C@@H]2CCCNC2)cc1C(N)=O. The number of halogens is 1. The predicted molar refractivity (Wildman–Crippen MR) is 77.4 cm³/mol. The summed E-state index contributed by atoms with van der Waals surface area (Å²) in [6.45, 7) is 1.53. The summed E-state index contributed by atoms with van der Waals surface area (Å²) >= 11 is 0. The molecule has 0 bridgehead atoms. The first-order valence-electron chi connectivity index (χ1n) is 6.09. The average molecular weight is 323 g/mol. The Bertz CT molecular complexity index is 578. The highest BCUT2D eigenvalue weighted by Gasteiger charge is 2.24. The molecule has 1 aromatic heterocycles. The van der Waals surface area contributed by atoms with Gasteiger partial charge in [0, 0.05) is 25.8 Å². The van der Waals surface area contributed by atoms with Gasteiger partial charge in [0.1, 0.15) is 10.6 Å². The van der Waals surface area contributed by atoms with E-state index in [-0.39, 0.29) is 29.0 Å². The lowest BCUT2D eigenvalue weighted by molar-refractivity contribution is 0.0992. The summed E-state index contributed by atoms with van der Waals surface area (Å²) in [6.07, 6.45) is 3.13. The van der Waals surface area contributed by atoms with Crippen molar-refractivity contribution in [2.75, 3.05) is 13.1 Å². The monoisotopic (exact) mass is 322 g/mol. The van der Waals surface area contributed by atoms with Gasteiger partial charge in [0.05, 0.1) is 0 Å². The molecule has 0 aliphatic carbocycles. The molecule has 1 fully saturated rings. The Morgan fingerprint density at radius 2 is 2.25 bits per heavy atom. The minimum Gasteiger partial charge on any atom is -0.364 e. The molecule has 0 spiro atoms. The number of piperidine rings is 1. The number of carbonyl (C=O) groups is 1. The van der Waals surface area contributed by atoms with Crippen LogP contribution in [0.4, 0.5) is 0 Å². The van der Waals surface area contributed by atoms with E-state index in [0.29, 0.717) is 6.54 Å². The fourth-order valence-electron chi connectivity index (χ4n) is 2.17. The van der Waals surface area contributed by atoms with E-state index in [4.69, 9.17) is 5.73 Å². The first kappa shape index (κ1) is 17.0. The molecule has 0 aromatic carbocycles. The van der Waals surface area contributed by atoms with Crippen LogP contribution in [0.25, 0.3) is 0 Å². The molecule has 1 aromatic rings. The van der Waals surface area contributed by atoms with Crippen LogP contribution < -0.4 is 15.8 Å². The van der Waals surface area contributed by atoms with Gasteiger partial charge in [-0.25, -0.2) is 13.1 Å². The van der Waals surface area contributed by atoms with Crippen molar-refractivity contribution in [3.8, 4) is 0 Å². The zero-order chi connectivity index (χ0) is 14.0. The van der Waals surface area contributed by atoms with Crippen LogP contribution in [0, 0.1) is 0 Å². The van der Waals surface area contributed by atoms with Crippen molar-refractivity contribution in [1.29, 1.82) is 0 Å². The molecule has 114 valence electrons. The highest BCUT2D eigenvalue weighted by atomic mass is 35.5. The predicted octanol–water partition coefficient (Wildman–Crippen LogP) is -0.424. The van der Waals surface area contributed by atoms with Crippen LogP contribution >= 0.6 is 12.4 Å². The molecule has 1 aliphatic heterocycles. The van der Waals surface area contributed by atoms with Crippen molar-refractivity contribution < 1.29 is 13.2 Å². The van der Waals surface area contributed by atoms with E-state index >= 15 is 0 Å². The topological polar surface area (TPSA) is 106 Å². The van der Waals surface area contributed by atoms with Crippen LogP contribution in [-0.4, -0.2) is 38.0 Å². The Balaban J connectivity index is 0.00000200. The highest BCUT2D eigenvalue weighted by molar-refractivity contribution is 7.89. The second kappa shape index (κ2) is 6.57. The molecule has 0 saturated carbocycles. The van der Waals surface area contributed by atoms with Gasteiger partial charge in [-0.3, -0.25) is 4.79 Å². The van der Waals surface area contributed by atoms with E-state index in [9.17, 15) is 13.2 Å². The van der Waals surface area contributed by atoms with Crippen LogP contribution in [0.1, 0.15) is 23.3 Å². The number of amides is 1. The molecule has 1 atom stereocenters. The standard InChI is InChI=1S/C11H18N4O3S.ClH/c1-15-7-9(5-10(15)11(12)16)19(17,18)14-8-3-2-4-13-6-8;/h5,7-8,13-14H,2-4,6H2,1H3,(H2,12,16);1H/t8-;/m1./s1. The average Bonchev–Trinajstić information content (AvgIpc) is 2.73. The number of sulfonamides is 1. The van der Waals surface area contributed by atoms with Crippen molar-refractivity contribution >= 4 is 28.3 Å². The van der Waals surface area contributed by atoms with Gasteiger partial charge in [0.25, 0.3) is 5.91 Å². The second-order valence-electron chi connectivity index (χ2n) is 4.70. The normalized spacial score (nSPS) is 19.4. The van der Waals surface area contributed by atoms with E-state index in [1.807, 2.05) is 0 Å². The minimum atomic E-state index is -3.61. The van der Waals surface area contributed by atoms with Crippen molar-refractivity contribution in [2.45, 2.75) is 23.8 Å². The van der Waals surface area contributed by atoms with Crippen molar-refractivity contribution in [2.24, 2.45) is 12.8 Å². The fourth-order valence-corrected chi connectivity index (χ4v) is 3.51. The summed E-state index contributed by atoms with van der Waals surface area (Å²) < 4.78 is 28.4. The third kappa shape index (κ3) is 3.72. The van der Waals surface area contributed by atoms with Crippen LogP contribution in [0.5, 0.6) is 0 Å². The lowest BCUT2D eigenvalue weighted by Gasteiger charge is -2.23. The minimum absolute atomic E-state index is 0. The summed E-state index contributed by atoms with van der Waals surface area (Å²) in [7, 11) is -2.03. The summed E-state index contributed by atoms with van der Waals surface area (Å²) in [4.78, 5) is 11.2. The Hall–Kier alpha value is -1.09. The van der Waals surface area contributed by atoms with Crippen LogP contribution in [0.2, 0.25) is 0 Å². The van der Waals surface area contributed by atoms with Crippen LogP contribution in [-0.2, 0) is 17.1 Å². The van der Waals surface area contributed by atoms with Gasteiger partial charge in [0.2, 0.25) is 10.0 Å². The van der Waals surface area contributed by atoms with Crippen molar-refractivity contribution in [3.63, 3.8) is 0 Å². The Morgan fingerprint density at radius 3 is 2.75 bits per heavy atom. The van der Waals surface area contributed by atoms with Gasteiger partial charge >= 0.3 is 0 Å². The number of nitrogens with one attached hydrogen (secondary N) is 2. The van der Waals surface area contributed by atoms with E-state index < -0.39 is 15.9 Å². The summed E-state index contributed by atoms with van der Waals surface area (Å²) in [5, 5.41) is 3.14. The number of hydrogen-bond donors (Lipinski definition) is 3. The molecule has 9 heteroatoms. The first-order valence-corrected chi connectivity index (χ1v) is 7.57. The van der Waals surface area contributed by atoms with Crippen molar-refractivity contribution in [1.82, 2.24) is 14.6 Å². The lowest BCUT2D eigenvalue weighted by atomic mass is 10.1. The lowest BCUT2D eigenvalue weighted by Crippen LogP contribution is -2.45. The number of aryl methyl sites for hydroxylation is 1. The van der Waals surface area contributed by atoms with Crippen LogP contribution in [0.15, 0.2) is 17.2 Å². The Kier molecular flexibility index (Phi) is 5.58. The molecule has 1 aliphatic rings. The van der Waals surface area contributed by atoms with E-state index in [1.165, 1.54) is 16.8 Å². The summed E-state index contributed by atoms with van der Waals surface area (Å²) in [5.41, 5.74) is 5.34. The smallest absolute Gasteiger partial charge is 0.265 e. The van der Waals surface area contributed by atoms with Crippen molar-refractivity contribution in [3.05, 3.63) is 18.0 Å². The number of primary amides is 1. The van der Waals surface area contributed by atoms with E-state index in [0.717, 1.165) is 19.4 Å². The van der Waals surface area contributed by atoms with Gasteiger partial charge in [-0.2, -0.15) is 0 Å². The molecule has 20 heavy (non-hydrogen) atoms. The first-order chi connectivity index (χ1) is 8.90. The maximum absolute atomic E-state index is 12.2. The number of carbonyl (C=O) groups excluding carboxylic acids is 1. The molecular weight excluding hydrogens is 304 g/mol. The molecular formula is C11H19ClN4O3S. The van der Waals surface area contributed by atoms with Gasteiger partial charge in [-0.05, 0) is 25.5 Å². The molecule has 1 amide bonds. The fraction of sp³-hybridized carbons (Fsp3) is 0.545. The maximum atomic E-state index is 12.2. The number of nitrogens with two attached hydrogens (primary N) is 1. The third-order valence-corrected chi connectivity index (χ3v) is 4.65. The number of rotatable bonds is 4. The Morgan fingerprint density at radius 1 is 1.55 bits per heavy atom. The van der Waals surface area contributed by atoms with E-state index in [1.54, 1.807) is 7.05 Å². The maximum Gasteiger partial charge on any atom is 0.265 e. The summed E-state index contributed by atoms with van der Waals surface area (Å²) in [6, 6.07) is 1.18. The molecule has 0 unspecified atom stereocenters. The molecule has 4 N–H and O–H groups in total. The highest BCUT2D eigenvalue weighted by Crippen LogP contribution is 2.14. The van der Waals surface area contributed by atoms with Gasteiger partial charge in [-0.1, -0.05) is 0 Å². The second-order valence-corrected chi connectivity index (χ2v) is 6.41. The van der Waals surface area contributed by atoms with Gasteiger partial charge < -0.3 is 15.6 Å². The molecule has 2 rings (SSSR count). The zero-order valence-corrected chi connectivity index (χ0v) is 12.8. The Labute approximate surface area is 124 Å². The summed E-state index contributed by atoms with van der Waals surface area (Å²) in [5.74, 6) is -0.650. The quantitative estimate of drug-likeness (QED) is 0.699. The number of hydrogen-bond acceptors (Lipinski definition) is 4. The molecule has 0 radical (unpaired) electrons.